The van der Waals surface area contributed by atoms with Crippen molar-refractivity contribution in [2.75, 3.05) is 14.2 Å². The Bertz CT molecular complexity index is 1030. The monoisotopic (exact) mass is 381 g/mol. The van der Waals surface area contributed by atoms with Gasteiger partial charge < -0.3 is 29.0 Å². The number of aromatic nitrogens is 2. The van der Waals surface area contributed by atoms with E-state index in [1.807, 2.05) is 0 Å². The quantitative estimate of drug-likeness (QED) is 0.661. The first-order chi connectivity index (χ1) is 13.5. The van der Waals surface area contributed by atoms with Crippen molar-refractivity contribution in [3.05, 3.63) is 53.9 Å². The van der Waals surface area contributed by atoms with Crippen molar-refractivity contribution < 1.29 is 29.0 Å². The number of carboxylic acid groups (broad SMARTS) is 1. The number of aliphatic carboxylic acids is 1. The Balaban J connectivity index is 1.98. The zero-order valence-electron chi connectivity index (χ0n) is 15.2. The molecule has 0 aliphatic heterocycles. The number of phenols is 1. The van der Waals surface area contributed by atoms with Crippen LogP contribution in [0.3, 0.4) is 0 Å². The van der Waals surface area contributed by atoms with Gasteiger partial charge in [-0.1, -0.05) is 17.3 Å². The van der Waals surface area contributed by atoms with Crippen LogP contribution in [0.15, 0.2) is 47.0 Å². The summed E-state index contributed by atoms with van der Waals surface area (Å²) in [5.41, 5.74) is 1.45. The number of ether oxygens (including phenoxy) is 2. The molecule has 0 bridgehead atoms. The molecule has 0 saturated heterocycles. The van der Waals surface area contributed by atoms with Crippen LogP contribution in [0.1, 0.15) is 17.9 Å². The van der Waals surface area contributed by atoms with Crippen LogP contribution in [0.4, 0.5) is 0 Å². The van der Waals surface area contributed by atoms with Crippen molar-refractivity contribution >= 4 is 17.6 Å². The highest BCUT2D eigenvalue weighted by molar-refractivity contribution is 5.89. The van der Waals surface area contributed by atoms with E-state index in [0.717, 1.165) is 0 Å². The Morgan fingerprint density at radius 2 is 1.96 bits per heavy atom. The van der Waals surface area contributed by atoms with E-state index in [-0.39, 0.29) is 23.0 Å². The number of methoxy groups -OCH3 is 2. The van der Waals surface area contributed by atoms with Gasteiger partial charge in [0.15, 0.2) is 11.5 Å². The molecule has 144 valence electrons. The molecule has 1 heterocycles. The van der Waals surface area contributed by atoms with E-state index < -0.39 is 12.4 Å². The molecule has 0 amide bonds. The van der Waals surface area contributed by atoms with E-state index in [1.54, 1.807) is 36.4 Å². The normalized spacial score (nSPS) is 11.3. The molecule has 0 saturated carbocycles. The topological polar surface area (TPSA) is 118 Å². The van der Waals surface area contributed by atoms with Crippen LogP contribution in [0.2, 0.25) is 0 Å². The third-order valence-electron chi connectivity index (χ3n) is 3.89. The molecule has 0 fully saturated rings. The van der Waals surface area contributed by atoms with Crippen LogP contribution in [-0.4, -0.2) is 35.4 Å². The van der Waals surface area contributed by atoms with Crippen molar-refractivity contribution in [2.45, 2.75) is 6.42 Å². The van der Waals surface area contributed by atoms with Gasteiger partial charge in [-0.25, -0.2) is 0 Å². The zero-order chi connectivity index (χ0) is 20.1. The van der Waals surface area contributed by atoms with Crippen molar-refractivity contribution in [3.8, 4) is 28.6 Å². The van der Waals surface area contributed by atoms with Crippen molar-refractivity contribution in [3.63, 3.8) is 0 Å². The van der Waals surface area contributed by atoms with Gasteiger partial charge in [0.05, 0.1) is 14.2 Å². The van der Waals surface area contributed by atoms with Crippen molar-refractivity contribution in [1.82, 2.24) is 10.1 Å². The number of carboxylic acids is 1. The molecule has 28 heavy (non-hydrogen) atoms. The third kappa shape index (κ3) is 4.29. The minimum Gasteiger partial charge on any atom is -0.550 e. The molecule has 3 aromatic rings. The maximum Gasteiger partial charge on any atom is 0.254 e. The molecule has 0 aliphatic carbocycles. The number of benzene rings is 2. The lowest BCUT2D eigenvalue weighted by molar-refractivity contribution is -0.304. The molecule has 0 spiro atoms. The van der Waals surface area contributed by atoms with Gasteiger partial charge in [0.25, 0.3) is 5.89 Å². The van der Waals surface area contributed by atoms with Gasteiger partial charge in [0, 0.05) is 23.5 Å². The fourth-order valence-electron chi connectivity index (χ4n) is 2.61. The first kappa shape index (κ1) is 19.0. The number of hydrogen-bond donors (Lipinski definition) is 1. The van der Waals surface area contributed by atoms with Crippen LogP contribution in [-0.2, 0) is 4.79 Å². The summed E-state index contributed by atoms with van der Waals surface area (Å²) >= 11 is 0. The summed E-state index contributed by atoms with van der Waals surface area (Å²) in [6, 6.07) is 11.5. The average molecular weight is 381 g/mol. The molecule has 3 rings (SSSR count). The Kier molecular flexibility index (Phi) is 5.59. The van der Waals surface area contributed by atoms with Gasteiger partial charge in [-0.3, -0.25) is 0 Å². The third-order valence-corrected chi connectivity index (χ3v) is 3.89. The number of rotatable bonds is 7. The van der Waals surface area contributed by atoms with Crippen molar-refractivity contribution in [1.29, 1.82) is 0 Å². The molecule has 2 aromatic carbocycles. The Morgan fingerprint density at radius 1 is 1.18 bits per heavy atom. The smallest absolute Gasteiger partial charge is 0.254 e. The summed E-state index contributed by atoms with van der Waals surface area (Å²) in [6.45, 7) is 0. The van der Waals surface area contributed by atoms with Crippen LogP contribution in [0.5, 0.6) is 17.2 Å². The lowest BCUT2D eigenvalue weighted by Gasteiger charge is -2.07. The second-order valence-electron chi connectivity index (χ2n) is 5.81. The summed E-state index contributed by atoms with van der Waals surface area (Å²) in [6.07, 6.45) is 1.12. The van der Waals surface area contributed by atoms with Crippen LogP contribution >= 0.6 is 0 Å². The number of aromatic hydroxyl groups is 1. The summed E-state index contributed by atoms with van der Waals surface area (Å²) in [5, 5.41) is 24.7. The lowest BCUT2D eigenvalue weighted by atomic mass is 10.1. The molecule has 0 aliphatic rings. The maximum absolute atomic E-state index is 11.1. The van der Waals surface area contributed by atoms with E-state index in [0.29, 0.717) is 22.6 Å². The fraction of sp³-hybridized carbons (Fsp3) is 0.150. The molecular weight excluding hydrogens is 364 g/mol. The molecule has 0 radical (unpaired) electrons. The van der Waals surface area contributed by atoms with Crippen molar-refractivity contribution in [2.24, 2.45) is 0 Å². The number of hydrogen-bond acceptors (Lipinski definition) is 8. The Hall–Kier alpha value is -3.81. The molecular formula is C20H17N2O6-. The fourth-order valence-corrected chi connectivity index (χ4v) is 2.61. The lowest BCUT2D eigenvalue weighted by Crippen LogP contribution is -2.22. The number of nitrogens with zero attached hydrogens (tertiary/aromatic N) is 2. The predicted octanol–water partition coefficient (Wildman–Crippen LogP) is 2.14. The Morgan fingerprint density at radius 3 is 2.64 bits per heavy atom. The highest BCUT2D eigenvalue weighted by Gasteiger charge is 2.15. The highest BCUT2D eigenvalue weighted by Crippen LogP contribution is 2.32. The van der Waals surface area contributed by atoms with Crippen LogP contribution < -0.4 is 14.6 Å². The molecule has 1 aromatic heterocycles. The second kappa shape index (κ2) is 8.26. The SMILES string of the molecule is COc1ccc(-c2noc(/C(=C/c3cccc(O)c3)CC(=O)[O-])n2)cc1OC. The molecule has 0 unspecified atom stereocenters. The minimum atomic E-state index is -1.29. The van der Waals surface area contributed by atoms with Gasteiger partial charge in [-0.2, -0.15) is 4.98 Å². The van der Waals surface area contributed by atoms with E-state index in [1.165, 1.54) is 26.4 Å². The van der Waals surface area contributed by atoms with Gasteiger partial charge in [-0.15, -0.1) is 0 Å². The average Bonchev–Trinajstić information content (AvgIpc) is 3.17. The molecule has 0 atom stereocenters. The predicted molar refractivity (Wildman–Crippen MR) is 98.4 cm³/mol. The first-order valence-electron chi connectivity index (χ1n) is 8.26. The number of carbonyl (C=O) groups excluding carboxylic acids is 1. The number of carbonyl (C=O) groups is 1. The summed E-state index contributed by atoms with van der Waals surface area (Å²) in [7, 11) is 3.04. The van der Waals surface area contributed by atoms with Crippen LogP contribution in [0.25, 0.3) is 23.0 Å². The minimum absolute atomic E-state index is 0.0392. The summed E-state index contributed by atoms with van der Waals surface area (Å²) < 4.78 is 15.7. The largest absolute Gasteiger partial charge is 0.550 e. The van der Waals surface area contributed by atoms with E-state index in [9.17, 15) is 15.0 Å². The molecule has 1 N–H and O–H groups in total. The maximum atomic E-state index is 11.1. The summed E-state index contributed by atoms with van der Waals surface area (Å²) in [5.74, 6) is 0.108. The zero-order valence-corrected chi connectivity index (χ0v) is 15.2. The summed E-state index contributed by atoms with van der Waals surface area (Å²) in [4.78, 5) is 15.4. The van der Waals surface area contributed by atoms with Gasteiger partial charge >= 0.3 is 0 Å². The molecule has 8 heteroatoms. The highest BCUT2D eigenvalue weighted by atomic mass is 16.5. The van der Waals surface area contributed by atoms with E-state index in [4.69, 9.17) is 14.0 Å². The molecule has 8 nitrogen and oxygen atoms in total. The van der Waals surface area contributed by atoms with Crippen LogP contribution in [0, 0.1) is 0 Å². The van der Waals surface area contributed by atoms with E-state index in [2.05, 4.69) is 10.1 Å². The van der Waals surface area contributed by atoms with Gasteiger partial charge in [0.1, 0.15) is 5.75 Å². The van der Waals surface area contributed by atoms with Gasteiger partial charge in [-0.05, 0) is 42.0 Å². The second-order valence-corrected chi connectivity index (χ2v) is 5.81. The first-order valence-corrected chi connectivity index (χ1v) is 8.26. The van der Waals surface area contributed by atoms with Gasteiger partial charge in [0.2, 0.25) is 5.82 Å². The number of phenolic OH excluding ortho intramolecular Hbond substituents is 1. The standard InChI is InChI=1S/C20H18N2O6/c1-26-16-7-6-13(10-17(16)27-2)19-21-20(28-22-19)14(11-18(24)25)8-12-4-3-5-15(23)9-12/h3-10,23H,11H2,1-2H3,(H,24,25)/p-1/b14-8+. The van der Waals surface area contributed by atoms with E-state index >= 15 is 0 Å². The Labute approximate surface area is 160 Å².